The van der Waals surface area contributed by atoms with Crippen molar-refractivity contribution < 1.29 is 0 Å². The standard InChI is InChI=1S/C8H16ClN/c1-7(2)4-5-10-8(3)6-9/h4,8,10H,5-6H2,1-3H3. The smallest absolute Gasteiger partial charge is 0.0374 e. The Morgan fingerprint density at radius 1 is 1.60 bits per heavy atom. The molecule has 0 aromatic rings. The highest BCUT2D eigenvalue weighted by molar-refractivity contribution is 6.18. The van der Waals surface area contributed by atoms with Crippen LogP contribution in [0.4, 0.5) is 0 Å². The Morgan fingerprint density at radius 3 is 2.60 bits per heavy atom. The van der Waals surface area contributed by atoms with E-state index in [1.807, 2.05) is 0 Å². The van der Waals surface area contributed by atoms with Crippen LogP contribution in [0.5, 0.6) is 0 Å². The monoisotopic (exact) mass is 161 g/mol. The molecule has 10 heavy (non-hydrogen) atoms. The molecule has 0 aliphatic heterocycles. The van der Waals surface area contributed by atoms with E-state index >= 15 is 0 Å². The Kier molecular flexibility index (Phi) is 5.74. The van der Waals surface area contributed by atoms with Crippen molar-refractivity contribution in [3.63, 3.8) is 0 Å². The summed E-state index contributed by atoms with van der Waals surface area (Å²) >= 11 is 5.58. The molecule has 0 aromatic heterocycles. The molecular weight excluding hydrogens is 146 g/mol. The van der Waals surface area contributed by atoms with E-state index in [-0.39, 0.29) is 0 Å². The lowest BCUT2D eigenvalue weighted by atomic mass is 10.3. The fraction of sp³-hybridized carbons (Fsp3) is 0.750. The van der Waals surface area contributed by atoms with Gasteiger partial charge in [-0.2, -0.15) is 0 Å². The van der Waals surface area contributed by atoms with Gasteiger partial charge in [-0.15, -0.1) is 11.6 Å². The van der Waals surface area contributed by atoms with Crippen molar-refractivity contribution >= 4 is 11.6 Å². The number of halogens is 1. The number of nitrogens with one attached hydrogen (secondary N) is 1. The zero-order valence-electron chi connectivity index (χ0n) is 6.95. The van der Waals surface area contributed by atoms with Crippen LogP contribution in [0.15, 0.2) is 11.6 Å². The first-order valence-corrected chi connectivity index (χ1v) is 4.13. The number of hydrogen-bond acceptors (Lipinski definition) is 1. The molecule has 0 aliphatic rings. The fourth-order valence-corrected chi connectivity index (χ4v) is 0.628. The van der Waals surface area contributed by atoms with Crippen LogP contribution in [0.1, 0.15) is 20.8 Å². The van der Waals surface area contributed by atoms with Crippen molar-refractivity contribution in [3.05, 3.63) is 11.6 Å². The second-order valence-electron chi connectivity index (χ2n) is 2.75. The Labute approximate surface area is 68.5 Å². The van der Waals surface area contributed by atoms with Crippen LogP contribution < -0.4 is 5.32 Å². The molecule has 0 fully saturated rings. The minimum Gasteiger partial charge on any atom is -0.310 e. The van der Waals surface area contributed by atoms with E-state index in [1.165, 1.54) is 5.57 Å². The van der Waals surface area contributed by atoms with Gasteiger partial charge in [-0.1, -0.05) is 11.6 Å². The lowest BCUT2D eigenvalue weighted by Gasteiger charge is -2.06. The summed E-state index contributed by atoms with van der Waals surface area (Å²) in [6, 6.07) is 0.414. The second kappa shape index (κ2) is 5.75. The van der Waals surface area contributed by atoms with Crippen molar-refractivity contribution in [3.8, 4) is 0 Å². The first kappa shape index (κ1) is 9.99. The molecule has 0 bridgehead atoms. The van der Waals surface area contributed by atoms with Gasteiger partial charge in [0.25, 0.3) is 0 Å². The molecule has 0 rings (SSSR count). The number of hydrogen-bond donors (Lipinski definition) is 1. The van der Waals surface area contributed by atoms with Gasteiger partial charge in [0.05, 0.1) is 0 Å². The number of rotatable bonds is 4. The molecule has 1 N–H and O–H groups in total. The van der Waals surface area contributed by atoms with Gasteiger partial charge >= 0.3 is 0 Å². The van der Waals surface area contributed by atoms with Crippen molar-refractivity contribution in [2.45, 2.75) is 26.8 Å². The molecule has 0 heterocycles. The summed E-state index contributed by atoms with van der Waals surface area (Å²) in [6.45, 7) is 7.18. The lowest BCUT2D eigenvalue weighted by Crippen LogP contribution is -2.27. The molecule has 1 nitrogen and oxygen atoms in total. The van der Waals surface area contributed by atoms with Crippen LogP contribution in [0, 0.1) is 0 Å². The predicted octanol–water partition coefficient (Wildman–Crippen LogP) is 2.17. The fourth-order valence-electron chi connectivity index (χ4n) is 0.519. The Balaban J connectivity index is 3.28. The van der Waals surface area contributed by atoms with E-state index in [2.05, 4.69) is 32.2 Å². The molecule has 0 saturated carbocycles. The average Bonchev–Trinajstić information content (AvgIpc) is 1.87. The molecule has 0 spiro atoms. The summed E-state index contributed by atoms with van der Waals surface area (Å²) in [5, 5.41) is 3.26. The van der Waals surface area contributed by atoms with Gasteiger partial charge in [-0.25, -0.2) is 0 Å². The van der Waals surface area contributed by atoms with Crippen LogP contribution >= 0.6 is 11.6 Å². The van der Waals surface area contributed by atoms with Gasteiger partial charge in [-0.05, 0) is 20.8 Å². The van der Waals surface area contributed by atoms with Crippen molar-refractivity contribution in [1.82, 2.24) is 5.32 Å². The normalized spacial score (nSPS) is 12.8. The quantitative estimate of drug-likeness (QED) is 0.492. The lowest BCUT2D eigenvalue weighted by molar-refractivity contribution is 0.636. The summed E-state index contributed by atoms with van der Waals surface area (Å²) in [5.41, 5.74) is 1.34. The van der Waals surface area contributed by atoms with E-state index in [9.17, 15) is 0 Å². The van der Waals surface area contributed by atoms with Gasteiger partial charge in [0, 0.05) is 18.5 Å². The van der Waals surface area contributed by atoms with Gasteiger partial charge in [-0.3, -0.25) is 0 Å². The average molecular weight is 162 g/mol. The molecule has 0 aromatic carbocycles. The van der Waals surface area contributed by atoms with Gasteiger partial charge in [0.1, 0.15) is 0 Å². The van der Waals surface area contributed by atoms with E-state index in [0.717, 1.165) is 6.54 Å². The van der Waals surface area contributed by atoms with E-state index in [4.69, 9.17) is 11.6 Å². The van der Waals surface area contributed by atoms with E-state index in [1.54, 1.807) is 0 Å². The van der Waals surface area contributed by atoms with Crippen LogP contribution in [-0.4, -0.2) is 18.5 Å². The minimum absolute atomic E-state index is 0.414. The third-order valence-electron chi connectivity index (χ3n) is 1.21. The minimum atomic E-state index is 0.414. The summed E-state index contributed by atoms with van der Waals surface area (Å²) in [7, 11) is 0. The Morgan fingerprint density at radius 2 is 2.20 bits per heavy atom. The highest BCUT2D eigenvalue weighted by atomic mass is 35.5. The third-order valence-corrected chi connectivity index (χ3v) is 1.67. The maximum atomic E-state index is 5.58. The molecule has 0 saturated heterocycles. The molecule has 60 valence electrons. The molecule has 2 heteroatoms. The summed E-state index contributed by atoms with van der Waals surface area (Å²) in [6.07, 6.45) is 2.16. The molecule has 0 radical (unpaired) electrons. The van der Waals surface area contributed by atoms with Gasteiger partial charge in [0.2, 0.25) is 0 Å². The predicted molar refractivity (Wildman–Crippen MR) is 47.6 cm³/mol. The van der Waals surface area contributed by atoms with Crippen LogP contribution in [-0.2, 0) is 0 Å². The first-order chi connectivity index (χ1) is 4.66. The van der Waals surface area contributed by atoms with E-state index < -0.39 is 0 Å². The Hall–Kier alpha value is -0.0100. The molecule has 1 atom stereocenters. The topological polar surface area (TPSA) is 12.0 Å². The molecule has 0 aliphatic carbocycles. The maximum absolute atomic E-state index is 5.58. The molecular formula is C8H16ClN. The van der Waals surface area contributed by atoms with Crippen molar-refractivity contribution in [2.75, 3.05) is 12.4 Å². The summed E-state index contributed by atoms with van der Waals surface area (Å²) in [4.78, 5) is 0. The van der Waals surface area contributed by atoms with Gasteiger partial charge in [0.15, 0.2) is 0 Å². The second-order valence-corrected chi connectivity index (χ2v) is 3.05. The maximum Gasteiger partial charge on any atom is 0.0374 e. The molecule has 1 unspecified atom stereocenters. The molecule has 0 amide bonds. The van der Waals surface area contributed by atoms with E-state index in [0.29, 0.717) is 11.9 Å². The zero-order valence-corrected chi connectivity index (χ0v) is 7.70. The highest BCUT2D eigenvalue weighted by Crippen LogP contribution is 1.88. The Bertz CT molecular complexity index is 106. The van der Waals surface area contributed by atoms with Crippen LogP contribution in [0.2, 0.25) is 0 Å². The van der Waals surface area contributed by atoms with Crippen molar-refractivity contribution in [2.24, 2.45) is 0 Å². The number of allylic oxidation sites excluding steroid dienone is 1. The first-order valence-electron chi connectivity index (χ1n) is 3.59. The summed E-state index contributed by atoms with van der Waals surface area (Å²) in [5.74, 6) is 0.677. The van der Waals surface area contributed by atoms with Gasteiger partial charge < -0.3 is 5.32 Å². The number of alkyl halides is 1. The van der Waals surface area contributed by atoms with Crippen LogP contribution in [0.3, 0.4) is 0 Å². The summed E-state index contributed by atoms with van der Waals surface area (Å²) < 4.78 is 0. The largest absolute Gasteiger partial charge is 0.310 e. The third kappa shape index (κ3) is 6.12. The van der Waals surface area contributed by atoms with Crippen molar-refractivity contribution in [1.29, 1.82) is 0 Å². The zero-order chi connectivity index (χ0) is 7.98. The highest BCUT2D eigenvalue weighted by Gasteiger charge is 1.93. The van der Waals surface area contributed by atoms with Crippen LogP contribution in [0.25, 0.3) is 0 Å². The SMILES string of the molecule is CC(C)=CCNC(C)CCl.